The number of rotatable bonds is 12. The first-order valence-corrected chi connectivity index (χ1v) is 17.1. The summed E-state index contributed by atoms with van der Waals surface area (Å²) < 4.78 is 17.2. The maximum absolute atomic E-state index is 13.8. The van der Waals surface area contributed by atoms with E-state index < -0.39 is 5.92 Å². The summed E-state index contributed by atoms with van der Waals surface area (Å²) in [5.41, 5.74) is 3.28. The van der Waals surface area contributed by atoms with Crippen LogP contribution in [0.15, 0.2) is 72.9 Å². The fourth-order valence-corrected chi connectivity index (χ4v) is 7.15. The minimum absolute atomic E-state index is 0.0456. The van der Waals surface area contributed by atoms with Gasteiger partial charge in [-0.05, 0) is 67.1 Å². The molecule has 3 aromatic carbocycles. The van der Waals surface area contributed by atoms with Crippen molar-refractivity contribution in [3.05, 3.63) is 94.6 Å². The smallest absolute Gasteiger partial charge is 0.254 e. The van der Waals surface area contributed by atoms with E-state index in [0.717, 1.165) is 22.0 Å². The van der Waals surface area contributed by atoms with Crippen LogP contribution in [0.25, 0.3) is 10.9 Å². The topological polar surface area (TPSA) is 113 Å². The molecule has 2 aliphatic rings. The van der Waals surface area contributed by atoms with Gasteiger partial charge in [0.2, 0.25) is 11.8 Å². The van der Waals surface area contributed by atoms with Crippen LogP contribution in [0.1, 0.15) is 35.3 Å². The molecule has 10 nitrogen and oxygen atoms in total. The van der Waals surface area contributed by atoms with Gasteiger partial charge in [0.05, 0.1) is 38.8 Å². The number of hydrogen-bond acceptors (Lipinski definition) is 6. The lowest BCUT2D eigenvalue weighted by Gasteiger charge is -2.39. The number of aromatic amines is 1. The van der Waals surface area contributed by atoms with Crippen molar-refractivity contribution in [3.8, 4) is 11.5 Å². The lowest BCUT2D eigenvalue weighted by molar-refractivity contribution is -0.138. The average molecular weight is 687 g/mol. The van der Waals surface area contributed by atoms with E-state index in [2.05, 4.69) is 10.3 Å². The molecule has 3 atom stereocenters. The Balaban J connectivity index is 1.16. The predicted molar refractivity (Wildman–Crippen MR) is 188 cm³/mol. The number of fused-ring (bicyclic) bond motifs is 2. The van der Waals surface area contributed by atoms with Crippen molar-refractivity contribution in [2.75, 3.05) is 46.4 Å². The van der Waals surface area contributed by atoms with Crippen LogP contribution >= 0.6 is 11.6 Å². The van der Waals surface area contributed by atoms with Gasteiger partial charge in [-0.25, -0.2) is 0 Å². The van der Waals surface area contributed by atoms with Crippen molar-refractivity contribution < 1.29 is 28.6 Å². The minimum atomic E-state index is -0.479. The number of hydrogen-bond donors (Lipinski definition) is 2. The van der Waals surface area contributed by atoms with Crippen molar-refractivity contribution in [1.82, 2.24) is 20.1 Å². The second-order valence-electron chi connectivity index (χ2n) is 13.1. The SMILES string of the molecule is COc1cc(C(=O)N2CC3CN(C(=O)Cc4c[nH]c5cc(Cl)ccc45)CC(C(=O)NCCOCc4ccccc4)C3C2)ccc1OC(C)C. The normalized spacial score (nSPS) is 18.8. The number of amides is 3. The van der Waals surface area contributed by atoms with Crippen molar-refractivity contribution in [2.24, 2.45) is 17.8 Å². The lowest BCUT2D eigenvalue weighted by Crippen LogP contribution is -2.53. The van der Waals surface area contributed by atoms with Gasteiger partial charge in [0.15, 0.2) is 11.5 Å². The molecule has 49 heavy (non-hydrogen) atoms. The number of aromatic nitrogens is 1. The molecule has 2 fully saturated rings. The number of piperidine rings is 1. The standard InChI is InChI=1S/C38H43ClN4O6/c1-24(2)49-34-12-9-26(15-35(34)47-3)38(46)43-20-28-19-42(36(44)16-27-18-41-33-17-29(39)10-11-30(27)33)22-32(31(28)21-43)37(45)40-13-14-48-23-25-7-5-4-6-8-25/h4-12,15,17-18,24,28,31-32,41H,13-14,16,19-23H2,1-3H3,(H,40,45). The first-order chi connectivity index (χ1) is 23.7. The fraction of sp³-hybridized carbons (Fsp3) is 0.395. The highest BCUT2D eigenvalue weighted by Crippen LogP contribution is 2.37. The quantitative estimate of drug-likeness (QED) is 0.195. The zero-order valence-corrected chi connectivity index (χ0v) is 28.9. The Hall–Kier alpha value is -4.54. The molecule has 3 heterocycles. The number of H-pyrrole nitrogens is 1. The summed E-state index contributed by atoms with van der Waals surface area (Å²) in [6, 6.07) is 20.6. The fourth-order valence-electron chi connectivity index (χ4n) is 6.98. The van der Waals surface area contributed by atoms with E-state index in [-0.39, 0.29) is 48.6 Å². The number of benzene rings is 3. The third-order valence-electron chi connectivity index (χ3n) is 9.36. The number of carbonyl (C=O) groups is 3. The Morgan fingerprint density at radius 2 is 1.76 bits per heavy atom. The van der Waals surface area contributed by atoms with E-state index in [4.69, 9.17) is 25.8 Å². The summed E-state index contributed by atoms with van der Waals surface area (Å²) in [6.07, 6.45) is 1.98. The van der Waals surface area contributed by atoms with Crippen molar-refractivity contribution in [3.63, 3.8) is 0 Å². The summed E-state index contributed by atoms with van der Waals surface area (Å²) in [6.45, 7) is 6.63. The summed E-state index contributed by atoms with van der Waals surface area (Å²) in [5.74, 6) is 0.0794. The molecule has 258 valence electrons. The first-order valence-electron chi connectivity index (χ1n) is 16.8. The summed E-state index contributed by atoms with van der Waals surface area (Å²) in [7, 11) is 1.55. The maximum atomic E-state index is 13.8. The highest BCUT2D eigenvalue weighted by molar-refractivity contribution is 6.31. The predicted octanol–water partition coefficient (Wildman–Crippen LogP) is 5.34. The molecule has 1 aromatic heterocycles. The molecule has 3 unspecified atom stereocenters. The van der Waals surface area contributed by atoms with E-state index in [1.807, 2.05) is 68.6 Å². The first kappa shape index (κ1) is 34.3. The number of nitrogens with one attached hydrogen (secondary N) is 2. The van der Waals surface area contributed by atoms with Gasteiger partial charge in [0.1, 0.15) is 0 Å². The molecule has 3 amide bonds. The Morgan fingerprint density at radius 1 is 0.959 bits per heavy atom. The molecule has 0 saturated carbocycles. The molecule has 0 aliphatic carbocycles. The van der Waals surface area contributed by atoms with Crippen molar-refractivity contribution >= 4 is 40.2 Å². The van der Waals surface area contributed by atoms with E-state index in [0.29, 0.717) is 61.5 Å². The number of ether oxygens (including phenoxy) is 3. The molecular formula is C38H43ClN4O6. The second kappa shape index (κ2) is 15.3. The molecule has 2 saturated heterocycles. The molecule has 2 N–H and O–H groups in total. The van der Waals surface area contributed by atoms with Crippen LogP contribution in [0.4, 0.5) is 0 Å². The Morgan fingerprint density at radius 3 is 2.53 bits per heavy atom. The summed E-state index contributed by atoms with van der Waals surface area (Å²) >= 11 is 6.17. The van der Waals surface area contributed by atoms with E-state index in [9.17, 15) is 14.4 Å². The number of nitrogens with zero attached hydrogens (tertiary/aromatic N) is 2. The van der Waals surface area contributed by atoms with Crippen LogP contribution in [0.3, 0.4) is 0 Å². The average Bonchev–Trinajstić information content (AvgIpc) is 3.71. The molecule has 0 spiro atoms. The molecule has 0 bridgehead atoms. The van der Waals surface area contributed by atoms with Gasteiger partial charge in [-0.3, -0.25) is 14.4 Å². The van der Waals surface area contributed by atoms with Crippen molar-refractivity contribution in [1.29, 1.82) is 0 Å². The van der Waals surface area contributed by atoms with Crippen LogP contribution in [-0.4, -0.2) is 85.0 Å². The van der Waals surface area contributed by atoms with Crippen LogP contribution in [0, 0.1) is 17.8 Å². The van der Waals surface area contributed by atoms with Gasteiger partial charge in [-0.2, -0.15) is 0 Å². The van der Waals surface area contributed by atoms with Gasteiger partial charge in [-0.15, -0.1) is 0 Å². The number of halogens is 1. The van der Waals surface area contributed by atoms with E-state index in [1.165, 1.54) is 0 Å². The van der Waals surface area contributed by atoms with Crippen LogP contribution < -0.4 is 14.8 Å². The van der Waals surface area contributed by atoms with Crippen molar-refractivity contribution in [2.45, 2.75) is 33.0 Å². The van der Waals surface area contributed by atoms with Gasteiger partial charge in [0, 0.05) is 60.4 Å². The largest absolute Gasteiger partial charge is 0.493 e. The van der Waals surface area contributed by atoms with Gasteiger partial charge >= 0.3 is 0 Å². The Labute approximate surface area is 291 Å². The van der Waals surface area contributed by atoms with Crippen LogP contribution in [0.5, 0.6) is 11.5 Å². The third kappa shape index (κ3) is 8.03. The van der Waals surface area contributed by atoms with Gasteiger partial charge < -0.3 is 34.3 Å². The van der Waals surface area contributed by atoms with Gasteiger partial charge in [0.25, 0.3) is 5.91 Å². The van der Waals surface area contributed by atoms with E-state index in [1.54, 1.807) is 35.1 Å². The third-order valence-corrected chi connectivity index (χ3v) is 9.59. The molecule has 2 aliphatic heterocycles. The van der Waals surface area contributed by atoms with Gasteiger partial charge in [-0.1, -0.05) is 48.0 Å². The molecule has 4 aromatic rings. The Kier molecular flexibility index (Phi) is 10.7. The maximum Gasteiger partial charge on any atom is 0.254 e. The zero-order valence-electron chi connectivity index (χ0n) is 28.1. The lowest BCUT2D eigenvalue weighted by atomic mass is 9.79. The molecule has 0 radical (unpaired) electrons. The van der Waals surface area contributed by atoms with E-state index >= 15 is 0 Å². The summed E-state index contributed by atoms with van der Waals surface area (Å²) in [5, 5.41) is 4.60. The zero-order chi connectivity index (χ0) is 34.5. The number of carbonyl (C=O) groups excluding carboxylic acids is 3. The second-order valence-corrected chi connectivity index (χ2v) is 13.5. The molecule has 11 heteroatoms. The van der Waals surface area contributed by atoms with Crippen LogP contribution in [0.2, 0.25) is 5.02 Å². The number of likely N-dealkylation sites (tertiary alicyclic amines) is 2. The molecule has 6 rings (SSSR count). The highest BCUT2D eigenvalue weighted by Gasteiger charge is 2.47. The Bertz CT molecular complexity index is 1790. The minimum Gasteiger partial charge on any atom is -0.493 e. The monoisotopic (exact) mass is 686 g/mol. The van der Waals surface area contributed by atoms with Crippen LogP contribution in [-0.2, 0) is 27.4 Å². The highest BCUT2D eigenvalue weighted by atomic mass is 35.5. The summed E-state index contributed by atoms with van der Waals surface area (Å²) in [4.78, 5) is 48.2. The molecular weight excluding hydrogens is 644 g/mol. The number of methoxy groups -OCH3 is 1.